The summed E-state index contributed by atoms with van der Waals surface area (Å²) in [7, 11) is 0. The SMILES string of the molecule is CC1(C)c2ccccc2-c2cccc(-c3cc(-c4cnc5c(ccc6ccc(-c7ccccc7)nc65)c4)cc(-c4cccc5cccnc45)c3)c21. The lowest BCUT2D eigenvalue weighted by atomic mass is 9.78. The maximum absolute atomic E-state index is 5.11. The molecule has 3 aromatic heterocycles. The fraction of sp³-hybridized carbons (Fsp3) is 0.0625. The van der Waals surface area contributed by atoms with Crippen LogP contribution in [-0.2, 0) is 5.41 Å². The lowest BCUT2D eigenvalue weighted by Gasteiger charge is -2.25. The molecule has 0 saturated heterocycles. The number of benzene rings is 6. The summed E-state index contributed by atoms with van der Waals surface area (Å²) in [6.45, 7) is 4.71. The minimum Gasteiger partial charge on any atom is -0.256 e. The fourth-order valence-electron chi connectivity index (χ4n) is 8.24. The summed E-state index contributed by atoms with van der Waals surface area (Å²) in [6.07, 6.45) is 3.90. The number of hydrogen-bond donors (Lipinski definition) is 0. The van der Waals surface area contributed by atoms with Crippen LogP contribution >= 0.6 is 0 Å². The van der Waals surface area contributed by atoms with Crippen LogP contribution in [-0.4, -0.2) is 15.0 Å². The van der Waals surface area contributed by atoms with Gasteiger partial charge in [0.05, 0.1) is 22.2 Å². The zero-order chi connectivity index (χ0) is 34.1. The van der Waals surface area contributed by atoms with Crippen molar-refractivity contribution in [2.75, 3.05) is 0 Å². The summed E-state index contributed by atoms with van der Waals surface area (Å²) >= 11 is 0. The quantitative estimate of drug-likeness (QED) is 0.178. The van der Waals surface area contributed by atoms with Gasteiger partial charge < -0.3 is 0 Å². The molecule has 3 heterocycles. The predicted molar refractivity (Wildman–Crippen MR) is 212 cm³/mol. The maximum Gasteiger partial charge on any atom is 0.0972 e. The highest BCUT2D eigenvalue weighted by atomic mass is 14.8. The van der Waals surface area contributed by atoms with Crippen LogP contribution in [0.3, 0.4) is 0 Å². The Morgan fingerprint density at radius 2 is 1.08 bits per heavy atom. The Morgan fingerprint density at radius 1 is 0.412 bits per heavy atom. The number of rotatable bonds is 4. The minimum absolute atomic E-state index is 0.142. The molecule has 51 heavy (non-hydrogen) atoms. The highest BCUT2D eigenvalue weighted by Gasteiger charge is 2.37. The van der Waals surface area contributed by atoms with Crippen LogP contribution in [0.25, 0.3) is 88.5 Å². The first-order valence-corrected chi connectivity index (χ1v) is 17.5. The molecular weight excluding hydrogens is 619 g/mol. The summed E-state index contributed by atoms with van der Waals surface area (Å²) in [4.78, 5) is 15.1. The normalized spacial score (nSPS) is 13.1. The summed E-state index contributed by atoms with van der Waals surface area (Å²) in [6, 6.07) is 54.4. The standard InChI is InChI=1S/C48H33N3/c1-48(2)42-19-7-6-15-40(42)41-18-9-16-38(44(41)48)35-26-34(27-36(28-35)39-17-8-13-31-14-10-24-49-45(31)39)37-25-33-21-20-32-22-23-43(30-11-4-3-5-12-30)51-47(32)46(33)50-29-37/h3-29H,1-2H3. The molecule has 0 unspecified atom stereocenters. The lowest BCUT2D eigenvalue weighted by Crippen LogP contribution is -2.16. The van der Waals surface area contributed by atoms with Crippen LogP contribution in [0.5, 0.6) is 0 Å². The van der Waals surface area contributed by atoms with E-state index in [1.165, 1.54) is 33.4 Å². The second-order valence-electron chi connectivity index (χ2n) is 14.1. The average Bonchev–Trinajstić information content (AvgIpc) is 3.43. The average molecular weight is 652 g/mol. The molecule has 0 bridgehead atoms. The van der Waals surface area contributed by atoms with Crippen LogP contribution in [0.2, 0.25) is 0 Å². The molecule has 0 N–H and O–H groups in total. The zero-order valence-electron chi connectivity index (χ0n) is 28.4. The van der Waals surface area contributed by atoms with E-state index in [0.29, 0.717) is 0 Å². The van der Waals surface area contributed by atoms with Gasteiger partial charge in [0.15, 0.2) is 0 Å². The molecule has 1 aliphatic carbocycles. The van der Waals surface area contributed by atoms with E-state index in [-0.39, 0.29) is 5.41 Å². The molecule has 240 valence electrons. The van der Waals surface area contributed by atoms with Crippen molar-refractivity contribution in [1.29, 1.82) is 0 Å². The topological polar surface area (TPSA) is 38.7 Å². The Hall–Kier alpha value is -6.45. The van der Waals surface area contributed by atoms with Crippen molar-refractivity contribution in [3.63, 3.8) is 0 Å². The molecule has 0 saturated carbocycles. The first-order chi connectivity index (χ1) is 25.0. The third kappa shape index (κ3) is 4.69. The van der Waals surface area contributed by atoms with E-state index < -0.39 is 0 Å². The van der Waals surface area contributed by atoms with Gasteiger partial charge in [-0.2, -0.15) is 0 Å². The van der Waals surface area contributed by atoms with Gasteiger partial charge in [-0.1, -0.05) is 129 Å². The Balaban J connectivity index is 1.19. The van der Waals surface area contributed by atoms with Gasteiger partial charge in [-0.25, -0.2) is 4.98 Å². The second-order valence-corrected chi connectivity index (χ2v) is 14.1. The van der Waals surface area contributed by atoms with Crippen molar-refractivity contribution in [2.24, 2.45) is 0 Å². The van der Waals surface area contributed by atoms with Gasteiger partial charge in [0.1, 0.15) is 0 Å². The Bertz CT molecular complexity index is 2830. The molecule has 0 spiro atoms. The van der Waals surface area contributed by atoms with Crippen LogP contribution in [0, 0.1) is 0 Å². The molecule has 0 radical (unpaired) electrons. The summed E-state index contributed by atoms with van der Waals surface area (Å²) in [5.74, 6) is 0. The lowest BCUT2D eigenvalue weighted by molar-refractivity contribution is 0.662. The van der Waals surface area contributed by atoms with E-state index in [2.05, 4.69) is 153 Å². The number of aromatic nitrogens is 3. The predicted octanol–water partition coefficient (Wildman–Crippen LogP) is 12.3. The van der Waals surface area contributed by atoms with Crippen LogP contribution in [0.15, 0.2) is 164 Å². The molecule has 1 aliphatic rings. The largest absolute Gasteiger partial charge is 0.256 e. The third-order valence-electron chi connectivity index (χ3n) is 10.7. The van der Waals surface area contributed by atoms with E-state index in [4.69, 9.17) is 15.0 Å². The Labute approximate surface area is 297 Å². The molecule has 0 fully saturated rings. The molecule has 10 rings (SSSR count). The minimum atomic E-state index is -0.142. The smallest absolute Gasteiger partial charge is 0.0972 e. The summed E-state index contributed by atoms with van der Waals surface area (Å²) in [5, 5.41) is 3.27. The first-order valence-electron chi connectivity index (χ1n) is 17.5. The summed E-state index contributed by atoms with van der Waals surface area (Å²) < 4.78 is 0. The maximum atomic E-state index is 5.11. The van der Waals surface area contributed by atoms with Crippen molar-refractivity contribution in [3.8, 4) is 55.8 Å². The number of pyridine rings is 3. The van der Waals surface area contributed by atoms with Gasteiger partial charge >= 0.3 is 0 Å². The van der Waals surface area contributed by atoms with Crippen molar-refractivity contribution in [1.82, 2.24) is 15.0 Å². The van der Waals surface area contributed by atoms with Gasteiger partial charge in [-0.15, -0.1) is 0 Å². The van der Waals surface area contributed by atoms with Crippen molar-refractivity contribution in [3.05, 3.63) is 175 Å². The van der Waals surface area contributed by atoms with Crippen molar-refractivity contribution >= 4 is 32.7 Å². The van der Waals surface area contributed by atoms with Gasteiger partial charge in [-0.3, -0.25) is 9.97 Å². The van der Waals surface area contributed by atoms with Crippen molar-refractivity contribution < 1.29 is 0 Å². The van der Waals surface area contributed by atoms with Gasteiger partial charge in [0, 0.05) is 50.7 Å². The molecular formula is C48H33N3. The Morgan fingerprint density at radius 3 is 1.98 bits per heavy atom. The summed E-state index contributed by atoms with van der Waals surface area (Å²) in [5.41, 5.74) is 17.0. The Kier molecular flexibility index (Phi) is 6.53. The van der Waals surface area contributed by atoms with E-state index in [1.807, 2.05) is 24.5 Å². The molecule has 9 aromatic rings. The van der Waals surface area contributed by atoms with Crippen LogP contribution < -0.4 is 0 Å². The fourth-order valence-corrected chi connectivity index (χ4v) is 8.24. The van der Waals surface area contributed by atoms with E-state index >= 15 is 0 Å². The zero-order valence-corrected chi connectivity index (χ0v) is 28.4. The number of hydrogen-bond acceptors (Lipinski definition) is 3. The van der Waals surface area contributed by atoms with Crippen LogP contribution in [0.4, 0.5) is 0 Å². The molecule has 0 aliphatic heterocycles. The van der Waals surface area contributed by atoms with E-state index in [9.17, 15) is 0 Å². The highest BCUT2D eigenvalue weighted by molar-refractivity contribution is 6.05. The van der Waals surface area contributed by atoms with Gasteiger partial charge in [0.25, 0.3) is 0 Å². The number of para-hydroxylation sites is 1. The molecule has 0 amide bonds. The highest BCUT2D eigenvalue weighted by Crippen LogP contribution is 2.52. The van der Waals surface area contributed by atoms with Crippen molar-refractivity contribution in [2.45, 2.75) is 19.3 Å². The first kappa shape index (κ1) is 29.5. The number of fused-ring (bicyclic) bond motifs is 7. The monoisotopic (exact) mass is 651 g/mol. The molecule has 3 nitrogen and oxygen atoms in total. The number of nitrogens with zero attached hydrogens (tertiary/aromatic N) is 3. The van der Waals surface area contributed by atoms with Gasteiger partial charge in [-0.05, 0) is 80.9 Å². The third-order valence-corrected chi connectivity index (χ3v) is 10.7. The molecule has 3 heteroatoms. The molecule has 0 atom stereocenters. The van der Waals surface area contributed by atoms with E-state index in [0.717, 1.165) is 66.2 Å². The second kappa shape index (κ2) is 11.3. The van der Waals surface area contributed by atoms with E-state index in [1.54, 1.807) is 0 Å². The van der Waals surface area contributed by atoms with Crippen LogP contribution in [0.1, 0.15) is 25.0 Å². The molecule has 6 aromatic carbocycles. The van der Waals surface area contributed by atoms with Gasteiger partial charge in [0.2, 0.25) is 0 Å².